The van der Waals surface area contributed by atoms with Crippen molar-refractivity contribution >= 4 is 0 Å². The molecule has 10 atom stereocenters. The van der Waals surface area contributed by atoms with E-state index in [1.54, 1.807) is 42.7 Å². The predicted octanol–water partition coefficient (Wildman–Crippen LogP) is 11.4. The van der Waals surface area contributed by atoms with E-state index in [-0.39, 0.29) is 36.9 Å². The summed E-state index contributed by atoms with van der Waals surface area (Å²) in [5.74, 6) is 3.63. The van der Waals surface area contributed by atoms with Crippen molar-refractivity contribution in [1.29, 1.82) is 0 Å². The highest BCUT2D eigenvalue weighted by Gasteiger charge is 2.41. The molecule has 6 saturated carbocycles. The summed E-state index contributed by atoms with van der Waals surface area (Å²) in [6.45, 7) is 18.6. The van der Waals surface area contributed by atoms with E-state index in [0.29, 0.717) is 38.0 Å². The molecule has 0 aromatic rings. The number of ether oxygens (including phenoxy) is 12. The zero-order chi connectivity index (χ0) is 45.6. The van der Waals surface area contributed by atoms with Crippen molar-refractivity contribution in [3.63, 3.8) is 0 Å². The minimum atomic E-state index is -0.106. The maximum Gasteiger partial charge on any atom is 0.155 e. The summed E-state index contributed by atoms with van der Waals surface area (Å²) >= 11 is 0. The van der Waals surface area contributed by atoms with E-state index in [2.05, 4.69) is 0 Å². The first-order chi connectivity index (χ1) is 29.1. The number of hydrogen-bond donors (Lipinski definition) is 0. The highest BCUT2D eigenvalue weighted by Crippen LogP contribution is 2.46. The van der Waals surface area contributed by atoms with Crippen LogP contribution < -0.4 is 0 Å². The van der Waals surface area contributed by atoms with Gasteiger partial charge in [0.1, 0.15) is 13.6 Å². The SMILES string of the molecule is COC(C)OC(C)(C)C.COC(C)OC(C)C.COC(C)OC1CC2CCC1C2.COC(C)OC1CCCCC1.COCOC1CC2CCC1C2.COCOC1CCCCC1. The lowest BCUT2D eigenvalue weighted by molar-refractivity contribution is -0.171. The Bertz CT molecular complexity index is 985. The van der Waals surface area contributed by atoms with Gasteiger partial charge in [-0.05, 0) is 163 Å². The summed E-state index contributed by atoms with van der Waals surface area (Å²) in [4.78, 5) is 0. The third-order valence-electron chi connectivity index (χ3n) is 12.3. The molecular weight excluding hydrogens is 781 g/mol. The fourth-order valence-corrected chi connectivity index (χ4v) is 9.11. The molecule has 0 heterocycles. The van der Waals surface area contributed by atoms with Gasteiger partial charge in [0.2, 0.25) is 0 Å². The largest absolute Gasteiger partial charge is 0.359 e. The van der Waals surface area contributed by atoms with Gasteiger partial charge >= 0.3 is 0 Å². The van der Waals surface area contributed by atoms with Gasteiger partial charge in [-0.15, -0.1) is 0 Å². The molecule has 0 aliphatic heterocycles. The van der Waals surface area contributed by atoms with Gasteiger partial charge < -0.3 is 56.8 Å². The minimum absolute atomic E-state index is 0.0191. The van der Waals surface area contributed by atoms with Crippen molar-refractivity contribution in [3.05, 3.63) is 0 Å². The predicted molar refractivity (Wildman–Crippen MR) is 243 cm³/mol. The van der Waals surface area contributed by atoms with E-state index in [9.17, 15) is 0 Å². The smallest absolute Gasteiger partial charge is 0.155 e. The van der Waals surface area contributed by atoms with Crippen molar-refractivity contribution in [3.8, 4) is 0 Å². The zero-order valence-corrected chi connectivity index (χ0v) is 42.0. The van der Waals surface area contributed by atoms with E-state index in [1.165, 1.54) is 116 Å². The van der Waals surface area contributed by atoms with Gasteiger partial charge in [-0.25, -0.2) is 0 Å². The molecule has 6 fully saturated rings. The molecule has 366 valence electrons. The quantitative estimate of drug-likeness (QED) is 0.130. The molecule has 0 N–H and O–H groups in total. The van der Waals surface area contributed by atoms with E-state index < -0.39 is 0 Å². The first kappa shape index (κ1) is 58.5. The molecule has 6 rings (SSSR count). The van der Waals surface area contributed by atoms with Crippen molar-refractivity contribution in [1.82, 2.24) is 0 Å². The van der Waals surface area contributed by atoms with Crippen molar-refractivity contribution in [2.45, 2.75) is 239 Å². The van der Waals surface area contributed by atoms with Crippen LogP contribution in [0.3, 0.4) is 0 Å². The topological polar surface area (TPSA) is 111 Å². The lowest BCUT2D eigenvalue weighted by Crippen LogP contribution is -2.26. The Labute approximate surface area is 375 Å². The fraction of sp³-hybridized carbons (Fsp3) is 1.00. The standard InChI is InChI=1S/C10H18O2.C9H16O2.C9H18O2.C8H16O2.C7H16O2.C6H14O2/c1-7(11-2)12-10-6-8-3-4-9(10)5-8;1-10-6-11-9-5-7-2-3-8(9)4-7;1-8(10-2)11-9-6-4-3-5-7-9;1-9-7-10-8-5-3-2-4-6-8;1-6(8-5)9-7(2,3)4;1-5(2)8-6(3)7-4/h7-10H,3-6H2,1-2H3;7-9H,2-6H2,1H3;8-9H,3-7H2,1-2H3;8H,2-7H2,1H3;6H,1-5H3;5-6H,1-4H3. The molecule has 4 bridgehead atoms. The second-order valence-electron chi connectivity index (χ2n) is 19.0. The molecule has 6 aliphatic carbocycles. The van der Waals surface area contributed by atoms with Crippen LogP contribution in [0.15, 0.2) is 0 Å². The Morgan fingerprint density at radius 3 is 1.25 bits per heavy atom. The third kappa shape index (κ3) is 28.9. The Kier molecular flexibility index (Phi) is 33.4. The van der Waals surface area contributed by atoms with Crippen LogP contribution >= 0.6 is 0 Å². The van der Waals surface area contributed by atoms with Crippen LogP contribution in [0, 0.1) is 23.7 Å². The van der Waals surface area contributed by atoms with Crippen LogP contribution in [0.25, 0.3) is 0 Å². The Hall–Kier alpha value is -0.480. The molecule has 12 heteroatoms. The molecule has 61 heavy (non-hydrogen) atoms. The first-order valence-electron chi connectivity index (χ1n) is 24.0. The summed E-state index contributed by atoms with van der Waals surface area (Å²) in [7, 11) is 10.0. The lowest BCUT2D eigenvalue weighted by Gasteiger charge is -2.24. The molecule has 0 saturated heterocycles. The highest BCUT2D eigenvalue weighted by atomic mass is 16.7. The number of rotatable bonds is 17. The summed E-state index contributed by atoms with van der Waals surface area (Å²) in [6.07, 6.45) is 25.9. The minimum Gasteiger partial charge on any atom is -0.359 e. The second-order valence-corrected chi connectivity index (χ2v) is 19.0. The van der Waals surface area contributed by atoms with Gasteiger partial charge in [0.05, 0.1) is 36.1 Å². The average molecular weight is 879 g/mol. The van der Waals surface area contributed by atoms with Gasteiger partial charge in [0.25, 0.3) is 0 Å². The van der Waals surface area contributed by atoms with Gasteiger partial charge in [-0.1, -0.05) is 38.5 Å². The van der Waals surface area contributed by atoms with Crippen LogP contribution in [0.5, 0.6) is 0 Å². The monoisotopic (exact) mass is 879 g/mol. The average Bonchev–Trinajstić information content (AvgIpc) is 4.07. The zero-order valence-electron chi connectivity index (χ0n) is 42.0. The van der Waals surface area contributed by atoms with Crippen LogP contribution in [0.1, 0.15) is 178 Å². The third-order valence-corrected chi connectivity index (χ3v) is 12.3. The molecular formula is C49H98O12. The van der Waals surface area contributed by atoms with Crippen LogP contribution in [-0.4, -0.2) is 118 Å². The lowest BCUT2D eigenvalue weighted by atomic mass is 9.98. The van der Waals surface area contributed by atoms with Crippen molar-refractivity contribution in [2.75, 3.05) is 56.2 Å². The molecule has 10 unspecified atom stereocenters. The maximum atomic E-state index is 5.77. The number of fused-ring (bicyclic) bond motifs is 4. The highest BCUT2D eigenvalue weighted by molar-refractivity contribution is 4.91. The normalized spacial score (nSPS) is 27.7. The van der Waals surface area contributed by atoms with E-state index in [1.807, 2.05) is 62.3 Å². The summed E-state index contributed by atoms with van der Waals surface area (Å²) < 4.78 is 62.5. The van der Waals surface area contributed by atoms with E-state index >= 15 is 0 Å². The Morgan fingerprint density at radius 2 is 0.885 bits per heavy atom. The molecule has 0 aromatic heterocycles. The van der Waals surface area contributed by atoms with E-state index in [0.717, 1.165) is 23.7 Å². The van der Waals surface area contributed by atoms with Gasteiger partial charge in [0, 0.05) is 42.7 Å². The maximum absolute atomic E-state index is 5.77. The van der Waals surface area contributed by atoms with Crippen molar-refractivity contribution < 1.29 is 56.8 Å². The van der Waals surface area contributed by atoms with Gasteiger partial charge in [0.15, 0.2) is 25.2 Å². The molecule has 0 spiro atoms. The molecule has 6 aliphatic rings. The van der Waals surface area contributed by atoms with Crippen molar-refractivity contribution in [2.24, 2.45) is 23.7 Å². The molecule has 0 radical (unpaired) electrons. The van der Waals surface area contributed by atoms with Crippen LogP contribution in [0.4, 0.5) is 0 Å². The summed E-state index contributed by atoms with van der Waals surface area (Å²) in [6, 6.07) is 0. The number of hydrogen-bond acceptors (Lipinski definition) is 12. The molecule has 12 nitrogen and oxygen atoms in total. The molecule has 0 amide bonds. The Balaban J connectivity index is 0.000000368. The fourth-order valence-electron chi connectivity index (χ4n) is 9.11. The summed E-state index contributed by atoms with van der Waals surface area (Å²) in [5, 5.41) is 0. The first-order valence-corrected chi connectivity index (χ1v) is 24.0. The second kappa shape index (κ2) is 34.8. The Morgan fingerprint density at radius 1 is 0.443 bits per heavy atom. The van der Waals surface area contributed by atoms with Crippen LogP contribution in [0.2, 0.25) is 0 Å². The number of methoxy groups -OCH3 is 6. The summed E-state index contributed by atoms with van der Waals surface area (Å²) in [5.41, 5.74) is -0.102. The van der Waals surface area contributed by atoms with Crippen LogP contribution in [-0.2, 0) is 56.8 Å². The van der Waals surface area contributed by atoms with Gasteiger partial charge in [-0.3, -0.25) is 0 Å². The van der Waals surface area contributed by atoms with Gasteiger partial charge in [-0.2, -0.15) is 0 Å². The van der Waals surface area contributed by atoms with E-state index in [4.69, 9.17) is 56.8 Å². The molecule has 0 aromatic carbocycles.